The minimum Gasteiger partial charge on any atom is -0.510 e. The molecule has 220 valence electrons. The molecule has 3 aliphatic rings. The van der Waals surface area contributed by atoms with Crippen molar-refractivity contribution in [3.63, 3.8) is 0 Å². The van der Waals surface area contributed by atoms with E-state index in [9.17, 15) is 39.6 Å². The lowest BCUT2D eigenvalue weighted by Crippen LogP contribution is -2.63. The number of ketones is 2. The molecular weight excluding hydrogens is 566 g/mol. The quantitative estimate of drug-likeness (QED) is 0.213. The lowest BCUT2D eigenvalue weighted by atomic mass is 9.58. The van der Waals surface area contributed by atoms with Crippen LogP contribution in [0.4, 0.5) is 0 Å². The van der Waals surface area contributed by atoms with Crippen LogP contribution in [0, 0.1) is 11.8 Å². The molecule has 0 fully saturated rings. The second kappa shape index (κ2) is 10.6. The van der Waals surface area contributed by atoms with Crippen LogP contribution in [0.3, 0.4) is 0 Å². The average Bonchev–Trinajstić information content (AvgIpc) is 2.94. The van der Waals surface area contributed by atoms with Crippen molar-refractivity contribution < 1.29 is 39.6 Å². The van der Waals surface area contributed by atoms with Gasteiger partial charge < -0.3 is 31.5 Å². The fourth-order valence-corrected chi connectivity index (χ4v) is 6.72. The van der Waals surface area contributed by atoms with Gasteiger partial charge in [0.2, 0.25) is 11.7 Å². The summed E-state index contributed by atoms with van der Waals surface area (Å²) in [5.41, 5.74) is 3.47. The highest BCUT2D eigenvalue weighted by Crippen LogP contribution is 2.53. The Balaban J connectivity index is 1.73. The van der Waals surface area contributed by atoms with Crippen molar-refractivity contribution in [2.45, 2.75) is 31.0 Å². The molecule has 0 aliphatic heterocycles. The Morgan fingerprint density at radius 1 is 1.14 bits per heavy atom. The van der Waals surface area contributed by atoms with Gasteiger partial charge in [-0.3, -0.25) is 24.1 Å². The third-order valence-corrected chi connectivity index (χ3v) is 8.73. The number of phenolic OH excluding ortho intramolecular Hbond substituents is 1. The van der Waals surface area contributed by atoms with E-state index in [2.05, 4.69) is 5.32 Å². The predicted octanol–water partition coefficient (Wildman–Crippen LogP) is 1.64. The number of aliphatic hydroxyl groups is 3. The number of carbonyl (C=O) groups excluding carboxylic acids is 4. The minimum absolute atomic E-state index is 0.0196. The van der Waals surface area contributed by atoms with E-state index >= 15 is 0 Å². The molecule has 0 bridgehead atoms. The van der Waals surface area contributed by atoms with Crippen LogP contribution in [-0.4, -0.2) is 80.3 Å². The highest BCUT2D eigenvalue weighted by Gasteiger charge is 2.63. The Morgan fingerprint density at radius 2 is 1.81 bits per heavy atom. The summed E-state index contributed by atoms with van der Waals surface area (Å²) in [6.07, 6.45) is 0.120. The van der Waals surface area contributed by atoms with E-state index in [4.69, 9.17) is 17.3 Å². The number of alkyl halides is 1. The summed E-state index contributed by atoms with van der Waals surface area (Å²) in [7, 11) is 3.15. The number of benzene rings is 2. The number of halogens is 1. The molecule has 7 N–H and O–H groups in total. The number of nitrogens with one attached hydrogen (secondary N) is 1. The first-order valence-corrected chi connectivity index (χ1v) is 13.8. The zero-order valence-electron chi connectivity index (χ0n) is 22.8. The van der Waals surface area contributed by atoms with Crippen molar-refractivity contribution in [1.29, 1.82) is 0 Å². The topological polar surface area (TPSA) is 190 Å². The number of nitrogens with zero attached hydrogens (tertiary/aromatic N) is 1. The summed E-state index contributed by atoms with van der Waals surface area (Å²) in [5, 5.41) is 48.1. The predicted molar refractivity (Wildman–Crippen MR) is 152 cm³/mol. The zero-order valence-corrected chi connectivity index (χ0v) is 23.6. The molecule has 2 aromatic carbocycles. The Labute approximate surface area is 245 Å². The van der Waals surface area contributed by atoms with E-state index in [0.717, 1.165) is 5.56 Å². The summed E-state index contributed by atoms with van der Waals surface area (Å²) in [4.78, 5) is 53.2. The van der Waals surface area contributed by atoms with Gasteiger partial charge in [0, 0.05) is 23.6 Å². The van der Waals surface area contributed by atoms with Crippen LogP contribution in [-0.2, 0) is 27.3 Å². The highest BCUT2D eigenvalue weighted by atomic mass is 35.5. The highest BCUT2D eigenvalue weighted by molar-refractivity contribution is 6.27. The second-order valence-corrected chi connectivity index (χ2v) is 11.3. The summed E-state index contributed by atoms with van der Waals surface area (Å²) >= 11 is 5.60. The Kier molecular flexibility index (Phi) is 7.38. The number of nitrogens with two attached hydrogens (primary N) is 1. The van der Waals surface area contributed by atoms with Gasteiger partial charge in [-0.1, -0.05) is 30.3 Å². The molecule has 4 atom stereocenters. The zero-order chi connectivity index (χ0) is 30.7. The molecule has 12 heteroatoms. The molecule has 0 heterocycles. The maximum absolute atomic E-state index is 14.2. The molecule has 0 saturated carbocycles. The standard InChI is InChI=1S/C30H30ClN3O8/c1-34(2)23-18-10-14-8-17-16(13-6-4-3-5-7-13)9-15(12-33-19(35)11-31)24(36)21(17)25(37)20(14)27(39)30(18,42)28(40)22(26(23)38)29(32)41/h3-7,9,14,18,23,36,38-39,42H,8,10-12H2,1-2H3,(H2,32,41)(H,33,35)/t14-,18-,23-,30-/m0/s1. The fraction of sp³-hybridized carbons (Fsp3) is 0.333. The van der Waals surface area contributed by atoms with Crippen molar-refractivity contribution >= 4 is 35.0 Å². The largest absolute Gasteiger partial charge is 0.510 e. The fourth-order valence-electron chi connectivity index (χ4n) is 6.63. The molecule has 0 saturated heterocycles. The maximum Gasteiger partial charge on any atom is 0.255 e. The van der Waals surface area contributed by atoms with Gasteiger partial charge in [-0.2, -0.15) is 0 Å². The monoisotopic (exact) mass is 595 g/mol. The molecule has 3 aliphatic carbocycles. The van der Waals surface area contributed by atoms with Crippen LogP contribution in [0.5, 0.6) is 5.75 Å². The second-order valence-electron chi connectivity index (χ2n) is 11.0. The van der Waals surface area contributed by atoms with E-state index in [1.54, 1.807) is 20.2 Å². The van der Waals surface area contributed by atoms with Gasteiger partial charge in [-0.05, 0) is 55.6 Å². The third kappa shape index (κ3) is 4.27. The summed E-state index contributed by atoms with van der Waals surface area (Å²) in [6, 6.07) is 9.71. The molecule has 0 radical (unpaired) electrons. The van der Waals surface area contributed by atoms with E-state index < -0.39 is 69.7 Å². The number of hydrogen-bond acceptors (Lipinski definition) is 9. The summed E-state index contributed by atoms with van der Waals surface area (Å²) in [6.45, 7) is -0.146. The number of aliphatic hydroxyl groups excluding tert-OH is 2. The van der Waals surface area contributed by atoms with Gasteiger partial charge in [-0.25, -0.2) is 0 Å². The van der Waals surface area contributed by atoms with Gasteiger partial charge in [0.25, 0.3) is 5.91 Å². The molecule has 0 unspecified atom stereocenters. The number of carbonyl (C=O) groups is 4. The van der Waals surface area contributed by atoms with Gasteiger partial charge in [0.05, 0.1) is 11.6 Å². The lowest BCUT2D eigenvalue weighted by Gasteiger charge is -2.50. The van der Waals surface area contributed by atoms with E-state index in [-0.39, 0.29) is 42.0 Å². The smallest absolute Gasteiger partial charge is 0.255 e. The third-order valence-electron chi connectivity index (χ3n) is 8.48. The number of allylic oxidation sites excluding steroid dienone is 1. The van der Waals surface area contributed by atoms with Gasteiger partial charge >= 0.3 is 0 Å². The van der Waals surface area contributed by atoms with Crippen molar-refractivity contribution in [3.05, 3.63) is 75.8 Å². The first-order chi connectivity index (χ1) is 19.8. The van der Waals surface area contributed by atoms with Gasteiger partial charge in [-0.15, -0.1) is 11.6 Å². The number of phenols is 1. The molecule has 5 rings (SSSR count). The van der Waals surface area contributed by atoms with Crippen LogP contribution < -0.4 is 11.1 Å². The van der Waals surface area contributed by atoms with Crippen molar-refractivity contribution in [1.82, 2.24) is 10.2 Å². The first kappa shape index (κ1) is 29.3. The number of aromatic hydroxyl groups is 1. The average molecular weight is 596 g/mol. The van der Waals surface area contributed by atoms with Crippen molar-refractivity contribution in [2.24, 2.45) is 17.6 Å². The Bertz CT molecular complexity index is 1600. The van der Waals surface area contributed by atoms with Crippen LogP contribution in [0.25, 0.3) is 11.1 Å². The molecule has 11 nitrogen and oxygen atoms in total. The SMILES string of the molecule is CN(C)[C@@H]1C(O)=C(C(N)=O)C(=O)[C@@]2(O)C(O)=C3C(=O)c4c(O)c(CNC(=O)CCl)cc(-c5ccccc5)c4C[C@H]3C[C@@H]12. The molecule has 2 aromatic rings. The van der Waals surface area contributed by atoms with Gasteiger partial charge in [0.15, 0.2) is 11.4 Å². The van der Waals surface area contributed by atoms with Crippen LogP contribution in [0.15, 0.2) is 59.1 Å². The molecular formula is C30H30ClN3O8. The van der Waals surface area contributed by atoms with Crippen molar-refractivity contribution in [3.8, 4) is 16.9 Å². The Hall–Kier alpha value is -4.19. The number of fused-ring (bicyclic) bond motifs is 3. The number of amides is 2. The minimum atomic E-state index is -2.73. The first-order valence-electron chi connectivity index (χ1n) is 13.2. The van der Waals surface area contributed by atoms with E-state index in [0.29, 0.717) is 11.1 Å². The molecule has 0 spiro atoms. The van der Waals surface area contributed by atoms with E-state index in [1.165, 1.54) is 4.90 Å². The normalized spacial score (nSPS) is 25.2. The van der Waals surface area contributed by atoms with Crippen molar-refractivity contribution in [2.75, 3.05) is 20.0 Å². The van der Waals surface area contributed by atoms with Gasteiger partial charge in [0.1, 0.15) is 28.7 Å². The number of primary amides is 1. The van der Waals surface area contributed by atoms with Crippen LogP contribution >= 0.6 is 11.6 Å². The number of Topliss-reactive ketones (excluding diaryl/α,β-unsaturated/α-hetero) is 2. The summed E-state index contributed by atoms with van der Waals surface area (Å²) < 4.78 is 0. The Morgan fingerprint density at radius 3 is 2.40 bits per heavy atom. The van der Waals surface area contributed by atoms with E-state index in [1.807, 2.05) is 30.3 Å². The lowest BCUT2D eigenvalue weighted by molar-refractivity contribution is -0.148. The molecule has 42 heavy (non-hydrogen) atoms. The number of rotatable bonds is 6. The number of likely N-dealkylation sites (N-methyl/N-ethyl adjacent to an activating group) is 1. The number of hydrogen-bond donors (Lipinski definition) is 6. The molecule has 2 amide bonds. The molecule has 0 aromatic heterocycles. The van der Waals surface area contributed by atoms with Crippen LogP contribution in [0.2, 0.25) is 0 Å². The summed E-state index contributed by atoms with van der Waals surface area (Å²) in [5.74, 6) is -8.01. The van der Waals surface area contributed by atoms with Crippen LogP contribution in [0.1, 0.15) is 27.9 Å². The maximum atomic E-state index is 14.2.